The van der Waals surface area contributed by atoms with Gasteiger partial charge < -0.3 is 4.74 Å². The molecule has 0 fully saturated rings. The molecule has 18 heavy (non-hydrogen) atoms. The molecule has 100 valence electrons. The van der Waals surface area contributed by atoms with Crippen LogP contribution in [0.5, 0.6) is 5.75 Å². The summed E-state index contributed by atoms with van der Waals surface area (Å²) in [5.41, 5.74) is 0.0932. The molecule has 0 N–H and O–H groups in total. The number of benzene rings is 1. The van der Waals surface area contributed by atoms with Gasteiger partial charge in [0, 0.05) is 12.1 Å². The normalized spacial score (nSPS) is 10.6. The summed E-state index contributed by atoms with van der Waals surface area (Å²) in [5, 5.41) is 11.1. The van der Waals surface area contributed by atoms with Crippen molar-refractivity contribution in [1.29, 1.82) is 0 Å². The maximum atomic E-state index is 10.5. The van der Waals surface area contributed by atoms with Crippen LogP contribution in [0.1, 0.15) is 26.7 Å². The number of ether oxygens (including phenoxy) is 1. The monoisotopic (exact) mass is 269 g/mol. The summed E-state index contributed by atoms with van der Waals surface area (Å²) in [6, 6.07) is 6.20. The fraction of sp³-hybridized carbons (Fsp3) is 0.538. The van der Waals surface area contributed by atoms with Crippen LogP contribution in [-0.4, -0.2) is 22.5 Å². The molecule has 4 nitrogen and oxygen atoms in total. The van der Waals surface area contributed by atoms with Crippen LogP contribution in [-0.2, 0) is 0 Å². The minimum atomic E-state index is -0.410. The van der Waals surface area contributed by atoms with E-state index in [1.54, 1.807) is 12.1 Å². The van der Waals surface area contributed by atoms with E-state index in [0.29, 0.717) is 17.6 Å². The molecule has 0 aromatic heterocycles. The van der Waals surface area contributed by atoms with E-state index in [-0.39, 0.29) is 5.69 Å². The average molecular weight is 269 g/mol. The van der Waals surface area contributed by atoms with Crippen molar-refractivity contribution in [3.05, 3.63) is 34.4 Å². The van der Waals surface area contributed by atoms with Crippen LogP contribution in [0.25, 0.3) is 0 Å². The average Bonchev–Trinajstić information content (AvgIpc) is 2.34. The Morgan fingerprint density at radius 3 is 2.50 bits per heavy atom. The highest BCUT2D eigenvalue weighted by molar-refractivity contribution is 7.99. The number of unbranched alkanes of at least 4 members (excludes halogenated alkanes) is 1. The van der Waals surface area contributed by atoms with Gasteiger partial charge in [-0.3, -0.25) is 10.1 Å². The summed E-state index contributed by atoms with van der Waals surface area (Å²) in [7, 11) is 0. The van der Waals surface area contributed by atoms with Crippen LogP contribution in [0.15, 0.2) is 24.3 Å². The molecule has 0 spiro atoms. The Hall–Kier alpha value is -1.23. The van der Waals surface area contributed by atoms with E-state index < -0.39 is 4.92 Å². The standard InChI is InChI=1S/C13H19NO3S/c1-11(2)18-10-4-3-9-17-13-7-5-12(6-8-13)14(15)16/h5-8,11H,3-4,9-10H2,1-2H3. The van der Waals surface area contributed by atoms with Gasteiger partial charge in [-0.25, -0.2) is 0 Å². The first-order chi connectivity index (χ1) is 8.59. The molecular formula is C13H19NO3S. The van der Waals surface area contributed by atoms with Crippen molar-refractivity contribution in [2.45, 2.75) is 31.9 Å². The number of non-ortho nitro benzene ring substituents is 1. The molecule has 5 heteroatoms. The van der Waals surface area contributed by atoms with Crippen molar-refractivity contribution < 1.29 is 9.66 Å². The minimum Gasteiger partial charge on any atom is -0.494 e. The molecule has 0 aliphatic heterocycles. The molecule has 0 aliphatic rings. The molecule has 0 radical (unpaired) electrons. The van der Waals surface area contributed by atoms with E-state index in [1.165, 1.54) is 12.1 Å². The van der Waals surface area contributed by atoms with Gasteiger partial charge in [0.15, 0.2) is 0 Å². The predicted molar refractivity (Wildman–Crippen MR) is 75.4 cm³/mol. The second-order valence-electron chi connectivity index (χ2n) is 4.23. The summed E-state index contributed by atoms with van der Waals surface area (Å²) in [5.74, 6) is 1.85. The molecule has 1 aromatic carbocycles. The van der Waals surface area contributed by atoms with E-state index in [2.05, 4.69) is 13.8 Å². The largest absolute Gasteiger partial charge is 0.494 e. The number of hydrogen-bond donors (Lipinski definition) is 0. The van der Waals surface area contributed by atoms with Gasteiger partial charge in [-0.2, -0.15) is 11.8 Å². The maximum Gasteiger partial charge on any atom is 0.269 e. The zero-order valence-corrected chi connectivity index (χ0v) is 11.6. The highest BCUT2D eigenvalue weighted by atomic mass is 32.2. The van der Waals surface area contributed by atoms with Gasteiger partial charge in [0.25, 0.3) is 5.69 Å². The van der Waals surface area contributed by atoms with Crippen LogP contribution in [0.3, 0.4) is 0 Å². The van der Waals surface area contributed by atoms with Crippen molar-refractivity contribution >= 4 is 17.4 Å². The van der Waals surface area contributed by atoms with E-state index in [1.807, 2.05) is 11.8 Å². The maximum absolute atomic E-state index is 10.5. The third-order valence-corrected chi connectivity index (χ3v) is 3.50. The van der Waals surface area contributed by atoms with Crippen molar-refractivity contribution in [2.24, 2.45) is 0 Å². The van der Waals surface area contributed by atoms with Gasteiger partial charge in [-0.05, 0) is 36.0 Å². The highest BCUT2D eigenvalue weighted by Crippen LogP contribution is 2.18. The molecule has 0 atom stereocenters. The summed E-state index contributed by atoms with van der Waals surface area (Å²) in [6.07, 6.45) is 2.15. The number of nitro benzene ring substituents is 1. The van der Waals surface area contributed by atoms with E-state index in [9.17, 15) is 10.1 Å². The Bertz CT molecular complexity index is 365. The van der Waals surface area contributed by atoms with Crippen molar-refractivity contribution in [3.63, 3.8) is 0 Å². The molecule has 0 bridgehead atoms. The van der Waals surface area contributed by atoms with Crippen LogP contribution >= 0.6 is 11.8 Å². The Kier molecular flexibility index (Phi) is 6.57. The lowest BCUT2D eigenvalue weighted by Crippen LogP contribution is -1.99. The molecule has 0 aliphatic carbocycles. The second-order valence-corrected chi connectivity index (χ2v) is 5.91. The van der Waals surface area contributed by atoms with Gasteiger partial charge in [-0.1, -0.05) is 13.8 Å². The molecule has 0 heterocycles. The van der Waals surface area contributed by atoms with E-state index >= 15 is 0 Å². The topological polar surface area (TPSA) is 52.4 Å². The zero-order chi connectivity index (χ0) is 13.4. The molecular weight excluding hydrogens is 250 g/mol. The molecule has 1 rings (SSSR count). The first-order valence-corrected chi connectivity index (χ1v) is 7.13. The Labute approximate surface area is 112 Å². The van der Waals surface area contributed by atoms with Crippen molar-refractivity contribution in [1.82, 2.24) is 0 Å². The highest BCUT2D eigenvalue weighted by Gasteiger charge is 2.04. The summed E-state index contributed by atoms with van der Waals surface area (Å²) in [6.45, 7) is 5.05. The third-order valence-electron chi connectivity index (χ3n) is 2.31. The van der Waals surface area contributed by atoms with Crippen LogP contribution in [0.2, 0.25) is 0 Å². The SMILES string of the molecule is CC(C)SCCCCOc1ccc([N+](=O)[O-])cc1. The number of thioether (sulfide) groups is 1. The Morgan fingerprint density at radius 1 is 1.28 bits per heavy atom. The second kappa shape index (κ2) is 7.97. The van der Waals surface area contributed by atoms with Gasteiger partial charge in [0.05, 0.1) is 11.5 Å². The molecule has 0 amide bonds. The first-order valence-electron chi connectivity index (χ1n) is 6.08. The number of hydrogen-bond acceptors (Lipinski definition) is 4. The fourth-order valence-corrected chi connectivity index (χ4v) is 2.22. The van der Waals surface area contributed by atoms with Crippen LogP contribution < -0.4 is 4.74 Å². The zero-order valence-electron chi connectivity index (χ0n) is 10.8. The molecule has 0 saturated carbocycles. The van der Waals surface area contributed by atoms with Crippen molar-refractivity contribution in [2.75, 3.05) is 12.4 Å². The first kappa shape index (κ1) is 14.8. The fourth-order valence-electron chi connectivity index (χ4n) is 1.38. The molecule has 0 unspecified atom stereocenters. The van der Waals surface area contributed by atoms with Crippen LogP contribution in [0, 0.1) is 10.1 Å². The van der Waals surface area contributed by atoms with E-state index in [0.717, 1.165) is 18.6 Å². The number of nitrogens with zero attached hydrogens (tertiary/aromatic N) is 1. The van der Waals surface area contributed by atoms with E-state index in [4.69, 9.17) is 4.74 Å². The van der Waals surface area contributed by atoms with Gasteiger partial charge >= 0.3 is 0 Å². The third kappa shape index (κ3) is 5.91. The Balaban J connectivity index is 2.17. The quantitative estimate of drug-likeness (QED) is 0.408. The lowest BCUT2D eigenvalue weighted by molar-refractivity contribution is -0.384. The van der Waals surface area contributed by atoms with Crippen LogP contribution in [0.4, 0.5) is 5.69 Å². The lowest BCUT2D eigenvalue weighted by Gasteiger charge is -2.06. The van der Waals surface area contributed by atoms with Crippen molar-refractivity contribution in [3.8, 4) is 5.75 Å². The smallest absolute Gasteiger partial charge is 0.269 e. The summed E-state index contributed by atoms with van der Waals surface area (Å²) < 4.78 is 5.52. The summed E-state index contributed by atoms with van der Waals surface area (Å²) >= 11 is 1.95. The number of rotatable bonds is 8. The molecule has 0 saturated heterocycles. The number of nitro groups is 1. The molecule has 1 aromatic rings. The predicted octanol–water partition coefficient (Wildman–Crippen LogP) is 3.90. The van der Waals surface area contributed by atoms with Gasteiger partial charge in [0.1, 0.15) is 5.75 Å². The Morgan fingerprint density at radius 2 is 1.94 bits per heavy atom. The summed E-state index contributed by atoms with van der Waals surface area (Å²) in [4.78, 5) is 10.1. The van der Waals surface area contributed by atoms with Gasteiger partial charge in [0.2, 0.25) is 0 Å². The minimum absolute atomic E-state index is 0.0932. The van der Waals surface area contributed by atoms with Gasteiger partial charge in [-0.15, -0.1) is 0 Å². The lowest BCUT2D eigenvalue weighted by atomic mass is 10.3.